The summed E-state index contributed by atoms with van der Waals surface area (Å²) in [6.45, 7) is 19.2. The van der Waals surface area contributed by atoms with E-state index in [4.69, 9.17) is 0 Å². The van der Waals surface area contributed by atoms with Gasteiger partial charge in [0.15, 0.2) is 0 Å². The summed E-state index contributed by atoms with van der Waals surface area (Å²) in [5, 5.41) is 11.3. The fourth-order valence-electron chi connectivity index (χ4n) is 10.6. The van der Waals surface area contributed by atoms with Crippen molar-refractivity contribution in [2.24, 2.45) is 50.7 Å². The lowest BCUT2D eigenvalue weighted by atomic mass is 9.33. The smallest absolute Gasteiger partial charge is 0.138 e. The molecule has 0 spiro atoms. The van der Waals surface area contributed by atoms with Gasteiger partial charge in [-0.2, -0.15) is 0 Å². The Bertz CT molecular complexity index is 866. The number of Topliss-reactive ketones (excluding diaryl/α,β-unsaturated/α-hetero) is 1. The Morgan fingerprint density at radius 3 is 2.22 bits per heavy atom. The van der Waals surface area contributed by atoms with Gasteiger partial charge in [-0.1, -0.05) is 60.1 Å². The van der Waals surface area contributed by atoms with Crippen molar-refractivity contribution >= 4 is 5.78 Å². The zero-order chi connectivity index (χ0) is 23.5. The molecule has 0 amide bonds. The van der Waals surface area contributed by atoms with Gasteiger partial charge in [-0.25, -0.2) is 0 Å². The highest BCUT2D eigenvalue weighted by Crippen LogP contribution is 2.75. The third-order valence-electron chi connectivity index (χ3n) is 13.2. The van der Waals surface area contributed by atoms with E-state index in [1.165, 1.54) is 32.1 Å². The van der Waals surface area contributed by atoms with Gasteiger partial charge in [0.05, 0.1) is 5.60 Å². The maximum absolute atomic E-state index is 12.9. The number of hydrogen-bond acceptors (Lipinski definition) is 2. The topological polar surface area (TPSA) is 37.3 Å². The molecule has 0 bridgehead atoms. The molecule has 180 valence electrons. The van der Waals surface area contributed by atoms with E-state index in [1.807, 2.05) is 0 Å². The number of hydrogen-bond donors (Lipinski definition) is 1. The normalized spacial score (nSPS) is 56.9. The summed E-state index contributed by atoms with van der Waals surface area (Å²) in [5.74, 6) is 2.46. The zero-order valence-electron chi connectivity index (χ0n) is 22.1. The Morgan fingerprint density at radius 2 is 1.53 bits per heavy atom. The quantitative estimate of drug-likeness (QED) is 0.400. The number of fused-ring (bicyclic) bond motifs is 7. The molecular formula is C30H48O2. The highest BCUT2D eigenvalue weighted by atomic mass is 16.3. The van der Waals surface area contributed by atoms with Crippen LogP contribution in [0.5, 0.6) is 0 Å². The van der Waals surface area contributed by atoms with Crippen molar-refractivity contribution in [3.05, 3.63) is 11.6 Å². The molecule has 5 aliphatic carbocycles. The van der Waals surface area contributed by atoms with Crippen molar-refractivity contribution in [2.45, 2.75) is 119 Å². The van der Waals surface area contributed by atoms with Crippen LogP contribution in [0, 0.1) is 50.7 Å². The first-order chi connectivity index (χ1) is 14.6. The molecule has 0 aromatic rings. The van der Waals surface area contributed by atoms with Gasteiger partial charge in [0, 0.05) is 11.8 Å². The van der Waals surface area contributed by atoms with Gasteiger partial charge in [0.1, 0.15) is 5.78 Å². The van der Waals surface area contributed by atoms with Crippen molar-refractivity contribution in [2.75, 3.05) is 0 Å². The van der Waals surface area contributed by atoms with Gasteiger partial charge < -0.3 is 5.11 Å². The van der Waals surface area contributed by atoms with Gasteiger partial charge in [0.25, 0.3) is 0 Å². The van der Waals surface area contributed by atoms with Crippen molar-refractivity contribution in [1.82, 2.24) is 0 Å². The first-order valence-electron chi connectivity index (χ1n) is 13.6. The summed E-state index contributed by atoms with van der Waals surface area (Å²) >= 11 is 0. The molecule has 5 rings (SSSR count). The van der Waals surface area contributed by atoms with Crippen molar-refractivity contribution in [3.8, 4) is 0 Å². The van der Waals surface area contributed by atoms with Crippen molar-refractivity contribution in [1.29, 1.82) is 0 Å². The van der Waals surface area contributed by atoms with Gasteiger partial charge in [-0.3, -0.25) is 4.79 Å². The van der Waals surface area contributed by atoms with Crippen LogP contribution >= 0.6 is 0 Å². The minimum atomic E-state index is -0.557. The van der Waals surface area contributed by atoms with E-state index in [2.05, 4.69) is 61.5 Å². The Hall–Kier alpha value is -0.630. The van der Waals surface area contributed by atoms with E-state index in [1.54, 1.807) is 5.57 Å². The van der Waals surface area contributed by atoms with Crippen molar-refractivity contribution in [3.63, 3.8) is 0 Å². The van der Waals surface area contributed by atoms with Gasteiger partial charge in [-0.05, 0) is 104 Å². The van der Waals surface area contributed by atoms with Crippen LogP contribution in [0.3, 0.4) is 0 Å². The number of carbonyl (C=O) groups is 1. The van der Waals surface area contributed by atoms with Crippen molar-refractivity contribution < 1.29 is 9.90 Å². The van der Waals surface area contributed by atoms with Gasteiger partial charge in [0.2, 0.25) is 0 Å². The van der Waals surface area contributed by atoms with Gasteiger partial charge in [-0.15, -0.1) is 0 Å². The van der Waals surface area contributed by atoms with Crippen LogP contribution in [0.1, 0.15) is 113 Å². The van der Waals surface area contributed by atoms with Crippen LogP contribution < -0.4 is 0 Å². The second-order valence-corrected chi connectivity index (χ2v) is 14.7. The molecule has 32 heavy (non-hydrogen) atoms. The number of rotatable bonds is 0. The Balaban J connectivity index is 1.60. The fourth-order valence-corrected chi connectivity index (χ4v) is 10.6. The van der Waals surface area contributed by atoms with Crippen LogP contribution in [0.4, 0.5) is 0 Å². The summed E-state index contributed by atoms with van der Waals surface area (Å²) in [7, 11) is 0. The maximum atomic E-state index is 12.9. The molecule has 0 radical (unpaired) electrons. The zero-order valence-corrected chi connectivity index (χ0v) is 22.1. The molecule has 4 saturated carbocycles. The summed E-state index contributed by atoms with van der Waals surface area (Å²) in [4.78, 5) is 12.9. The Labute approximate surface area is 197 Å². The molecule has 0 aromatic heterocycles. The summed E-state index contributed by atoms with van der Waals surface area (Å²) in [6, 6.07) is 0. The third-order valence-corrected chi connectivity index (χ3v) is 13.2. The lowest BCUT2D eigenvalue weighted by molar-refractivity contribution is -0.190. The second kappa shape index (κ2) is 6.52. The highest BCUT2D eigenvalue weighted by Gasteiger charge is 2.68. The molecule has 1 N–H and O–H groups in total. The molecule has 0 aromatic carbocycles. The molecule has 0 saturated heterocycles. The predicted octanol–water partition coefficient (Wildman–Crippen LogP) is 7.35. The largest absolute Gasteiger partial charge is 0.390 e. The Morgan fingerprint density at radius 1 is 0.875 bits per heavy atom. The third kappa shape index (κ3) is 2.60. The SMILES string of the molecule is CC1C2C3=CCC4C5(C)CCC(=O)C(C)(C)C5CCC4(C)C3(C)CCC2(C)CCC1(C)O. The average molecular weight is 441 g/mol. The maximum Gasteiger partial charge on any atom is 0.138 e. The van der Waals surface area contributed by atoms with E-state index in [0.717, 1.165) is 25.7 Å². The van der Waals surface area contributed by atoms with E-state index in [0.29, 0.717) is 34.9 Å². The molecular weight excluding hydrogens is 392 g/mol. The standard InChI is InChI=1S/C30H48O2/c1-19-24-20-9-10-22-27(5)13-12-23(31)25(2,3)21(27)11-14-29(22,7)28(20,6)17-15-26(24,4)16-18-30(19,8)32/h9,19,21-22,24,32H,10-18H2,1-8H3. The first kappa shape index (κ1) is 23.1. The van der Waals surface area contributed by atoms with Crippen LogP contribution in [-0.4, -0.2) is 16.5 Å². The van der Waals surface area contributed by atoms with Crippen LogP contribution in [0.15, 0.2) is 11.6 Å². The molecule has 2 heteroatoms. The first-order valence-corrected chi connectivity index (χ1v) is 13.6. The lowest BCUT2D eigenvalue weighted by Crippen LogP contribution is -2.65. The minimum Gasteiger partial charge on any atom is -0.390 e. The predicted molar refractivity (Wildman–Crippen MR) is 131 cm³/mol. The van der Waals surface area contributed by atoms with E-state index >= 15 is 0 Å². The van der Waals surface area contributed by atoms with E-state index in [9.17, 15) is 9.90 Å². The summed E-state index contributed by atoms with van der Waals surface area (Å²) in [6.07, 6.45) is 12.8. The monoisotopic (exact) mass is 440 g/mol. The number of allylic oxidation sites excluding steroid dienone is 2. The summed E-state index contributed by atoms with van der Waals surface area (Å²) < 4.78 is 0. The summed E-state index contributed by atoms with van der Waals surface area (Å²) in [5.41, 5.74) is 2.03. The number of aliphatic hydroxyl groups is 1. The fraction of sp³-hybridized carbons (Fsp3) is 0.900. The van der Waals surface area contributed by atoms with E-state index < -0.39 is 5.60 Å². The second-order valence-electron chi connectivity index (χ2n) is 14.7. The van der Waals surface area contributed by atoms with Crippen LogP contribution in [0.2, 0.25) is 0 Å². The lowest BCUT2D eigenvalue weighted by Gasteiger charge is -2.71. The van der Waals surface area contributed by atoms with Crippen LogP contribution in [-0.2, 0) is 4.79 Å². The number of carbonyl (C=O) groups excluding carboxylic acids is 1. The molecule has 9 unspecified atom stereocenters. The molecule has 4 fully saturated rings. The van der Waals surface area contributed by atoms with Crippen LogP contribution in [0.25, 0.3) is 0 Å². The average Bonchev–Trinajstić information content (AvgIpc) is 2.70. The van der Waals surface area contributed by atoms with E-state index in [-0.39, 0.29) is 21.7 Å². The highest BCUT2D eigenvalue weighted by molar-refractivity contribution is 5.85. The molecule has 9 atom stereocenters. The molecule has 0 heterocycles. The molecule has 0 aliphatic heterocycles. The number of ketones is 1. The van der Waals surface area contributed by atoms with Gasteiger partial charge >= 0.3 is 0 Å². The minimum absolute atomic E-state index is 0.180. The molecule has 5 aliphatic rings. The Kier molecular flexibility index (Phi) is 4.71. The molecule has 2 nitrogen and oxygen atoms in total.